The first kappa shape index (κ1) is 17.2. The van der Waals surface area contributed by atoms with Crippen molar-refractivity contribution in [3.8, 4) is 0 Å². The molecule has 4 unspecified atom stereocenters. The first-order valence-electron chi connectivity index (χ1n) is 7.88. The lowest BCUT2D eigenvalue weighted by Crippen LogP contribution is -2.59. The van der Waals surface area contributed by atoms with Gasteiger partial charge in [0.15, 0.2) is 5.78 Å². The van der Waals surface area contributed by atoms with Gasteiger partial charge in [-0.15, -0.1) is 0 Å². The molecule has 0 radical (unpaired) electrons. The third-order valence-corrected chi connectivity index (χ3v) is 5.33. The second-order valence-corrected chi connectivity index (χ2v) is 7.21. The van der Waals surface area contributed by atoms with Crippen molar-refractivity contribution in [1.29, 1.82) is 0 Å². The standard InChI is InChI=1S/C17H26O5/c1-9(2)12-8-13(22-11(4)18)16(5,20)17(21)7-6-10(3)14(17)15(12)19/h9,12-13,20-21H,6-8H2,1-5H3. The average molecular weight is 310 g/mol. The molecule has 0 saturated heterocycles. The summed E-state index contributed by atoms with van der Waals surface area (Å²) in [5.41, 5.74) is -2.20. The smallest absolute Gasteiger partial charge is 0.303 e. The molecule has 0 aromatic carbocycles. The van der Waals surface area contributed by atoms with Gasteiger partial charge in [0.25, 0.3) is 0 Å². The molecule has 0 aliphatic heterocycles. The molecule has 0 bridgehead atoms. The Kier molecular flexibility index (Phi) is 4.26. The molecule has 0 heterocycles. The van der Waals surface area contributed by atoms with Gasteiger partial charge in [-0.05, 0) is 39.0 Å². The van der Waals surface area contributed by atoms with Gasteiger partial charge >= 0.3 is 5.97 Å². The largest absolute Gasteiger partial charge is 0.459 e. The predicted octanol–water partition coefficient (Wildman–Crippen LogP) is 1.76. The van der Waals surface area contributed by atoms with Gasteiger partial charge in [-0.2, -0.15) is 0 Å². The molecule has 124 valence electrons. The monoisotopic (exact) mass is 310 g/mol. The van der Waals surface area contributed by atoms with Gasteiger partial charge in [-0.1, -0.05) is 19.4 Å². The van der Waals surface area contributed by atoms with E-state index in [1.807, 2.05) is 20.8 Å². The fourth-order valence-electron chi connectivity index (χ4n) is 3.85. The number of carbonyl (C=O) groups excluding carboxylic acids is 2. The Morgan fingerprint density at radius 1 is 1.36 bits per heavy atom. The normalized spacial score (nSPS) is 39.0. The maximum absolute atomic E-state index is 12.9. The maximum Gasteiger partial charge on any atom is 0.303 e. The molecule has 1 fully saturated rings. The molecule has 0 aromatic rings. The van der Waals surface area contributed by atoms with Crippen molar-refractivity contribution in [2.75, 3.05) is 0 Å². The zero-order valence-electron chi connectivity index (χ0n) is 14.0. The quantitative estimate of drug-likeness (QED) is 0.759. The highest BCUT2D eigenvalue weighted by Crippen LogP contribution is 2.50. The SMILES string of the molecule is CC(=O)OC1CC(C(C)C)C(=O)C2=C(C)CCC2(O)C1(C)O. The number of carbonyl (C=O) groups is 2. The Labute approximate surface area is 131 Å². The van der Waals surface area contributed by atoms with E-state index in [-0.39, 0.29) is 30.5 Å². The Morgan fingerprint density at radius 2 is 1.95 bits per heavy atom. The summed E-state index contributed by atoms with van der Waals surface area (Å²) in [7, 11) is 0. The minimum atomic E-state index is -1.69. The molecule has 22 heavy (non-hydrogen) atoms. The van der Waals surface area contributed by atoms with E-state index in [0.717, 1.165) is 5.57 Å². The summed E-state index contributed by atoms with van der Waals surface area (Å²) in [5, 5.41) is 22.1. The number of hydrogen-bond donors (Lipinski definition) is 2. The molecule has 2 aliphatic rings. The summed E-state index contributed by atoms with van der Waals surface area (Å²) in [5.74, 6) is -0.995. The van der Waals surface area contributed by atoms with Gasteiger partial charge < -0.3 is 14.9 Å². The van der Waals surface area contributed by atoms with E-state index in [2.05, 4.69) is 0 Å². The lowest BCUT2D eigenvalue weighted by atomic mass is 9.76. The first-order chi connectivity index (χ1) is 10.0. The van der Waals surface area contributed by atoms with E-state index in [1.54, 1.807) is 0 Å². The van der Waals surface area contributed by atoms with Crippen LogP contribution in [0.2, 0.25) is 0 Å². The van der Waals surface area contributed by atoms with Gasteiger partial charge in [0, 0.05) is 18.4 Å². The van der Waals surface area contributed by atoms with E-state index in [4.69, 9.17) is 4.74 Å². The fraction of sp³-hybridized carbons (Fsp3) is 0.765. The predicted molar refractivity (Wildman–Crippen MR) is 81.0 cm³/mol. The molecule has 0 spiro atoms. The molecule has 2 aliphatic carbocycles. The number of fused-ring (bicyclic) bond motifs is 1. The molecule has 4 atom stereocenters. The number of hydrogen-bond acceptors (Lipinski definition) is 5. The molecule has 5 heteroatoms. The van der Waals surface area contributed by atoms with Crippen molar-refractivity contribution in [1.82, 2.24) is 0 Å². The second kappa shape index (κ2) is 5.46. The van der Waals surface area contributed by atoms with Crippen LogP contribution in [-0.4, -0.2) is 39.3 Å². The zero-order chi connectivity index (χ0) is 16.9. The number of rotatable bonds is 2. The summed E-state index contributed by atoms with van der Waals surface area (Å²) in [6.45, 7) is 8.42. The van der Waals surface area contributed by atoms with Crippen molar-refractivity contribution in [3.05, 3.63) is 11.1 Å². The molecule has 2 rings (SSSR count). The van der Waals surface area contributed by atoms with Crippen LogP contribution in [-0.2, 0) is 14.3 Å². The van der Waals surface area contributed by atoms with Gasteiger partial charge in [0.2, 0.25) is 0 Å². The Hall–Kier alpha value is -1.20. The Morgan fingerprint density at radius 3 is 2.45 bits per heavy atom. The zero-order valence-corrected chi connectivity index (χ0v) is 14.0. The van der Waals surface area contributed by atoms with E-state index in [0.29, 0.717) is 12.0 Å². The third-order valence-electron chi connectivity index (χ3n) is 5.33. The number of Topliss-reactive ketones (excluding diaryl/α,β-unsaturated/α-hetero) is 1. The summed E-state index contributed by atoms with van der Waals surface area (Å²) in [6, 6.07) is 0. The summed E-state index contributed by atoms with van der Waals surface area (Å²) in [6.07, 6.45) is 0.151. The van der Waals surface area contributed by atoms with Crippen LogP contribution in [0.25, 0.3) is 0 Å². The molecule has 1 saturated carbocycles. The van der Waals surface area contributed by atoms with Crippen molar-refractivity contribution in [3.63, 3.8) is 0 Å². The van der Waals surface area contributed by atoms with E-state index in [9.17, 15) is 19.8 Å². The second-order valence-electron chi connectivity index (χ2n) is 7.21. The van der Waals surface area contributed by atoms with Crippen LogP contribution in [0.5, 0.6) is 0 Å². The summed E-state index contributed by atoms with van der Waals surface area (Å²) >= 11 is 0. The van der Waals surface area contributed by atoms with Crippen molar-refractivity contribution in [2.24, 2.45) is 11.8 Å². The molecule has 0 amide bonds. The topological polar surface area (TPSA) is 83.8 Å². The van der Waals surface area contributed by atoms with Gasteiger partial charge in [0.05, 0.1) is 0 Å². The lowest BCUT2D eigenvalue weighted by Gasteiger charge is -2.42. The van der Waals surface area contributed by atoms with Gasteiger partial charge in [-0.3, -0.25) is 9.59 Å². The number of ketones is 1. The highest BCUT2D eigenvalue weighted by Gasteiger charge is 2.61. The Bertz CT molecular complexity index is 531. The van der Waals surface area contributed by atoms with Crippen molar-refractivity contribution >= 4 is 11.8 Å². The molecule has 0 aromatic heterocycles. The van der Waals surface area contributed by atoms with E-state index < -0.39 is 23.3 Å². The van der Waals surface area contributed by atoms with Crippen LogP contribution in [0, 0.1) is 11.8 Å². The van der Waals surface area contributed by atoms with Crippen LogP contribution in [0.3, 0.4) is 0 Å². The maximum atomic E-state index is 12.9. The van der Waals surface area contributed by atoms with Crippen LogP contribution < -0.4 is 0 Å². The molecular weight excluding hydrogens is 284 g/mol. The minimum absolute atomic E-state index is 0.0320. The first-order valence-corrected chi connectivity index (χ1v) is 7.88. The average Bonchev–Trinajstić information content (AvgIpc) is 2.67. The lowest BCUT2D eigenvalue weighted by molar-refractivity contribution is -0.195. The van der Waals surface area contributed by atoms with Crippen LogP contribution in [0.4, 0.5) is 0 Å². The van der Waals surface area contributed by atoms with Crippen LogP contribution >= 0.6 is 0 Å². The number of ether oxygens (including phenoxy) is 1. The van der Waals surface area contributed by atoms with Crippen LogP contribution in [0.1, 0.15) is 53.9 Å². The van der Waals surface area contributed by atoms with E-state index >= 15 is 0 Å². The summed E-state index contributed by atoms with van der Waals surface area (Å²) in [4.78, 5) is 24.4. The molecular formula is C17H26O5. The van der Waals surface area contributed by atoms with Crippen molar-refractivity contribution < 1.29 is 24.5 Å². The van der Waals surface area contributed by atoms with Gasteiger partial charge in [-0.25, -0.2) is 0 Å². The molecule has 5 nitrogen and oxygen atoms in total. The minimum Gasteiger partial charge on any atom is -0.459 e. The highest BCUT2D eigenvalue weighted by molar-refractivity contribution is 6.01. The van der Waals surface area contributed by atoms with Crippen LogP contribution in [0.15, 0.2) is 11.1 Å². The number of allylic oxidation sites excluding steroid dienone is 1. The molecule has 2 N–H and O–H groups in total. The third kappa shape index (κ3) is 2.40. The van der Waals surface area contributed by atoms with E-state index in [1.165, 1.54) is 13.8 Å². The van der Waals surface area contributed by atoms with Gasteiger partial charge in [0.1, 0.15) is 17.3 Å². The number of esters is 1. The number of aliphatic hydroxyl groups is 2. The highest BCUT2D eigenvalue weighted by atomic mass is 16.6. The fourth-order valence-corrected chi connectivity index (χ4v) is 3.85. The summed E-state index contributed by atoms with van der Waals surface area (Å²) < 4.78 is 5.30. The van der Waals surface area contributed by atoms with Crippen molar-refractivity contribution in [2.45, 2.75) is 71.2 Å². The Balaban J connectivity index is 2.60.